The fraction of sp³-hybridized carbons (Fsp3) is 0.261. The van der Waals surface area contributed by atoms with Crippen LogP contribution in [0.2, 0.25) is 0 Å². The quantitative estimate of drug-likeness (QED) is 0.383. The van der Waals surface area contributed by atoms with E-state index in [1.54, 1.807) is 18.2 Å². The number of rotatable bonds is 6. The molecule has 3 aromatic rings. The van der Waals surface area contributed by atoms with Gasteiger partial charge in [-0.15, -0.1) is 11.3 Å². The smallest absolute Gasteiger partial charge is 0.310 e. The van der Waals surface area contributed by atoms with E-state index in [1.807, 2.05) is 34.5 Å². The van der Waals surface area contributed by atoms with E-state index in [0.717, 1.165) is 31.4 Å². The van der Waals surface area contributed by atoms with Crippen LogP contribution in [-0.2, 0) is 6.61 Å². The molecule has 0 spiro atoms. The van der Waals surface area contributed by atoms with Crippen molar-refractivity contribution in [3.05, 3.63) is 92.2 Å². The van der Waals surface area contributed by atoms with Gasteiger partial charge in [0.1, 0.15) is 6.61 Å². The fourth-order valence-electron chi connectivity index (χ4n) is 3.79. The van der Waals surface area contributed by atoms with Crippen molar-refractivity contribution in [2.75, 3.05) is 6.54 Å². The Bertz CT molecular complexity index is 1030. The number of nitro groups is 1. The maximum atomic E-state index is 13.2. The van der Waals surface area contributed by atoms with Crippen molar-refractivity contribution in [1.82, 2.24) is 4.90 Å². The summed E-state index contributed by atoms with van der Waals surface area (Å²) < 4.78 is 5.65. The van der Waals surface area contributed by atoms with Gasteiger partial charge in [0.25, 0.3) is 5.91 Å². The molecule has 7 heteroatoms. The van der Waals surface area contributed by atoms with Crippen LogP contribution in [0.4, 0.5) is 5.69 Å². The number of para-hydroxylation sites is 2. The average Bonchev–Trinajstić information content (AvgIpc) is 3.27. The van der Waals surface area contributed by atoms with Gasteiger partial charge in [0.15, 0.2) is 5.75 Å². The van der Waals surface area contributed by atoms with Crippen molar-refractivity contribution >= 4 is 22.9 Å². The largest absolute Gasteiger partial charge is 0.482 e. The maximum Gasteiger partial charge on any atom is 0.310 e. The Morgan fingerprint density at radius 3 is 2.70 bits per heavy atom. The summed E-state index contributed by atoms with van der Waals surface area (Å²) in [6, 6.07) is 18.4. The third-order valence-corrected chi connectivity index (χ3v) is 6.24. The second-order valence-electron chi connectivity index (χ2n) is 7.25. The molecule has 0 N–H and O–H groups in total. The number of nitrogens with zero attached hydrogens (tertiary/aromatic N) is 2. The number of carbonyl (C=O) groups is 1. The van der Waals surface area contributed by atoms with E-state index in [-0.39, 0.29) is 30.0 Å². The van der Waals surface area contributed by atoms with Crippen LogP contribution >= 0.6 is 11.3 Å². The molecule has 0 radical (unpaired) electrons. The Morgan fingerprint density at radius 2 is 1.90 bits per heavy atom. The van der Waals surface area contributed by atoms with E-state index in [2.05, 4.69) is 12.1 Å². The van der Waals surface area contributed by atoms with Crippen LogP contribution in [0.1, 0.15) is 46.1 Å². The first-order valence-electron chi connectivity index (χ1n) is 9.93. The Kier molecular flexibility index (Phi) is 6.09. The predicted molar refractivity (Wildman–Crippen MR) is 116 cm³/mol. The number of amides is 1. The lowest BCUT2D eigenvalue weighted by atomic mass is 9.95. The van der Waals surface area contributed by atoms with E-state index < -0.39 is 4.92 Å². The number of hydrogen-bond donors (Lipinski definition) is 0. The maximum absolute atomic E-state index is 13.2. The first kappa shape index (κ1) is 20.1. The molecule has 2 heterocycles. The van der Waals surface area contributed by atoms with Crippen molar-refractivity contribution in [2.45, 2.75) is 31.9 Å². The third kappa shape index (κ3) is 4.36. The van der Waals surface area contributed by atoms with Crippen LogP contribution in [0.15, 0.2) is 66.0 Å². The summed E-state index contributed by atoms with van der Waals surface area (Å²) in [6.07, 6.45) is 3.09. The van der Waals surface area contributed by atoms with Gasteiger partial charge in [-0.1, -0.05) is 42.5 Å². The monoisotopic (exact) mass is 422 g/mol. The highest BCUT2D eigenvalue weighted by atomic mass is 32.1. The number of likely N-dealkylation sites (tertiary alicyclic amines) is 1. The highest BCUT2D eigenvalue weighted by Crippen LogP contribution is 2.33. The minimum Gasteiger partial charge on any atom is -0.482 e. The normalized spacial score (nSPS) is 16.3. The zero-order valence-electron chi connectivity index (χ0n) is 16.4. The van der Waals surface area contributed by atoms with Gasteiger partial charge in [-0.3, -0.25) is 14.9 Å². The van der Waals surface area contributed by atoms with E-state index in [1.165, 1.54) is 23.0 Å². The van der Waals surface area contributed by atoms with Gasteiger partial charge >= 0.3 is 5.69 Å². The fourth-order valence-corrected chi connectivity index (χ4v) is 4.64. The van der Waals surface area contributed by atoms with Crippen molar-refractivity contribution < 1.29 is 14.5 Å². The van der Waals surface area contributed by atoms with Crippen molar-refractivity contribution in [3.63, 3.8) is 0 Å². The zero-order valence-corrected chi connectivity index (χ0v) is 17.2. The first-order valence-corrected chi connectivity index (χ1v) is 10.8. The van der Waals surface area contributed by atoms with Crippen molar-refractivity contribution in [1.29, 1.82) is 0 Å². The average molecular weight is 423 g/mol. The number of carbonyl (C=O) groups excluding carboxylic acids is 1. The summed E-state index contributed by atoms with van der Waals surface area (Å²) in [5, 5.41) is 13.0. The van der Waals surface area contributed by atoms with E-state index in [0.29, 0.717) is 4.88 Å². The Balaban J connectivity index is 1.47. The van der Waals surface area contributed by atoms with Crippen LogP contribution in [0, 0.1) is 10.1 Å². The molecule has 154 valence electrons. The number of piperidine rings is 1. The molecule has 1 aliphatic heterocycles. The molecular weight excluding hydrogens is 400 g/mol. The molecule has 0 bridgehead atoms. The number of nitro benzene ring substituents is 1. The molecular formula is C23H22N2O4S. The lowest BCUT2D eigenvalue weighted by molar-refractivity contribution is -0.385. The van der Waals surface area contributed by atoms with Gasteiger partial charge in [0.05, 0.1) is 15.8 Å². The molecule has 1 unspecified atom stereocenters. The number of benzene rings is 2. The van der Waals surface area contributed by atoms with E-state index in [9.17, 15) is 14.9 Å². The molecule has 1 fully saturated rings. The molecule has 0 aliphatic carbocycles. The topological polar surface area (TPSA) is 72.7 Å². The van der Waals surface area contributed by atoms with Gasteiger partial charge in [-0.2, -0.15) is 0 Å². The van der Waals surface area contributed by atoms with Crippen molar-refractivity contribution in [2.24, 2.45) is 0 Å². The van der Waals surface area contributed by atoms with Gasteiger partial charge < -0.3 is 9.64 Å². The molecule has 1 amide bonds. The van der Waals surface area contributed by atoms with Gasteiger partial charge in [-0.25, -0.2) is 0 Å². The van der Waals surface area contributed by atoms with Crippen LogP contribution < -0.4 is 4.74 Å². The Morgan fingerprint density at radius 1 is 1.13 bits per heavy atom. The molecule has 4 rings (SSSR count). The molecule has 1 aromatic heterocycles. The summed E-state index contributed by atoms with van der Waals surface area (Å²) in [5.74, 6) is 0.257. The van der Waals surface area contributed by atoms with Crippen LogP contribution in [-0.4, -0.2) is 22.3 Å². The highest BCUT2D eigenvalue weighted by Gasteiger charge is 2.29. The predicted octanol–water partition coefficient (Wildman–Crippen LogP) is 5.60. The molecule has 1 aliphatic rings. The molecule has 6 nitrogen and oxygen atoms in total. The molecule has 30 heavy (non-hydrogen) atoms. The minimum absolute atomic E-state index is 0.0329. The van der Waals surface area contributed by atoms with Crippen LogP contribution in [0.5, 0.6) is 5.75 Å². The van der Waals surface area contributed by atoms with Crippen LogP contribution in [0.3, 0.4) is 0 Å². The standard InChI is InChI=1S/C23H22N2O4S/c26-23(24-13-7-6-10-19(24)18-8-2-1-3-9-18)22-14-17(16-30-22)15-29-21-12-5-4-11-20(21)25(27)28/h1-5,8-9,11-12,14,16,19H,6-7,10,13,15H2. The molecule has 0 saturated carbocycles. The van der Waals surface area contributed by atoms with E-state index in [4.69, 9.17) is 4.74 Å². The van der Waals surface area contributed by atoms with Gasteiger partial charge in [-0.05, 0) is 42.3 Å². The van der Waals surface area contributed by atoms with Gasteiger partial charge in [0, 0.05) is 18.2 Å². The number of thiophene rings is 1. The Hall–Kier alpha value is -3.19. The second-order valence-corrected chi connectivity index (χ2v) is 8.16. The Labute approximate surface area is 178 Å². The summed E-state index contributed by atoms with van der Waals surface area (Å²) in [4.78, 5) is 26.5. The number of ether oxygens (including phenoxy) is 1. The summed E-state index contributed by atoms with van der Waals surface area (Å²) in [6.45, 7) is 0.926. The van der Waals surface area contributed by atoms with E-state index >= 15 is 0 Å². The van der Waals surface area contributed by atoms with Gasteiger partial charge in [0.2, 0.25) is 0 Å². The second kappa shape index (κ2) is 9.09. The molecule has 1 saturated heterocycles. The highest BCUT2D eigenvalue weighted by molar-refractivity contribution is 7.12. The lowest BCUT2D eigenvalue weighted by Gasteiger charge is -2.36. The molecule has 2 aromatic carbocycles. The zero-order chi connectivity index (χ0) is 20.9. The third-order valence-electron chi connectivity index (χ3n) is 5.27. The lowest BCUT2D eigenvalue weighted by Crippen LogP contribution is -2.38. The number of hydrogen-bond acceptors (Lipinski definition) is 5. The summed E-state index contributed by atoms with van der Waals surface area (Å²) in [5.41, 5.74) is 1.93. The summed E-state index contributed by atoms with van der Waals surface area (Å²) in [7, 11) is 0. The molecule has 1 atom stereocenters. The first-order chi connectivity index (χ1) is 14.6. The minimum atomic E-state index is -0.460. The van der Waals surface area contributed by atoms with Crippen molar-refractivity contribution in [3.8, 4) is 5.75 Å². The SMILES string of the molecule is O=C(c1cc(COc2ccccc2[N+](=O)[O-])cs1)N1CCCCC1c1ccccc1. The van der Waals surface area contributed by atoms with Crippen LogP contribution in [0.25, 0.3) is 0 Å². The summed E-state index contributed by atoms with van der Waals surface area (Å²) >= 11 is 1.39.